The Kier molecular flexibility index (Phi) is 19.0. The summed E-state index contributed by atoms with van der Waals surface area (Å²) in [6, 6.07) is 12.6. The minimum atomic E-state index is -4.66. The quantitative estimate of drug-likeness (QED) is 0.0400. The van der Waals surface area contributed by atoms with Crippen molar-refractivity contribution in [2.75, 3.05) is 75.4 Å². The number of nitrogens with zero attached hydrogens (tertiary/aromatic N) is 6. The fourth-order valence-electron chi connectivity index (χ4n) is 11.0. The third kappa shape index (κ3) is 13.3. The molecule has 0 aromatic heterocycles. The molecule has 4 heterocycles. The highest BCUT2D eigenvalue weighted by Crippen LogP contribution is 2.41. The molecular weight excluding hydrogens is 1020 g/mol. The lowest BCUT2D eigenvalue weighted by molar-refractivity contribution is -0.215. The number of carbonyl (C=O) groups is 2. The maximum absolute atomic E-state index is 14.0. The van der Waals surface area contributed by atoms with Crippen LogP contribution in [0, 0.1) is 0 Å². The van der Waals surface area contributed by atoms with E-state index in [1.807, 2.05) is 13.8 Å². The van der Waals surface area contributed by atoms with Crippen LogP contribution in [0.5, 0.6) is 0 Å². The standard InChI is InChI=1S/C50H78N12O12S2/c1-3-5-31-61-47(51)55-75(67,68)57-49(61,53-25-15-33-71-41-23-21-35-37(41)17-13-19-39(35)59-27-9-7-10-28-59)73-45(65)43(63)44(64)46(66)74-50(58-76(69,70)56-48(52)62(50)32-6-4-2)54-26-16-34-72-42-24-22-36-38(42)18-14-20-40(36)60-29-11-8-12-30-60/h13-14,17-20,41-44,53-54,57-58,63-64H,3-12,15-16,21-34H2,1-2H3,(H2,51,55)(H2,52,56). The molecule has 0 amide bonds. The van der Waals surface area contributed by atoms with Crippen LogP contribution in [0.3, 0.4) is 0 Å². The summed E-state index contributed by atoms with van der Waals surface area (Å²) in [5.74, 6) is -9.52. The number of hydrogen-bond acceptors (Lipinski definition) is 20. The van der Waals surface area contributed by atoms with Crippen molar-refractivity contribution in [3.8, 4) is 0 Å². The normalized spacial score (nSPS) is 25.8. The van der Waals surface area contributed by atoms with E-state index in [2.05, 4.69) is 75.1 Å². The molecule has 6 atom stereocenters. The Balaban J connectivity index is 0.934. The lowest BCUT2D eigenvalue weighted by atomic mass is 10.0. The van der Waals surface area contributed by atoms with E-state index in [-0.39, 0.29) is 64.4 Å². The van der Waals surface area contributed by atoms with Crippen LogP contribution in [0.25, 0.3) is 0 Å². The van der Waals surface area contributed by atoms with Crippen molar-refractivity contribution in [2.45, 2.75) is 153 Å². The van der Waals surface area contributed by atoms with Crippen LogP contribution in [0.1, 0.15) is 138 Å². The van der Waals surface area contributed by atoms with Gasteiger partial charge in [-0.1, -0.05) is 51.0 Å². The maximum atomic E-state index is 14.0. The van der Waals surface area contributed by atoms with Gasteiger partial charge in [0, 0.05) is 76.9 Å². The number of esters is 2. The van der Waals surface area contributed by atoms with Gasteiger partial charge in [0.05, 0.1) is 12.2 Å². The smallest absolute Gasteiger partial charge is 0.342 e. The summed E-state index contributed by atoms with van der Waals surface area (Å²) in [7, 11) is -9.31. The highest BCUT2D eigenvalue weighted by Gasteiger charge is 2.53. The van der Waals surface area contributed by atoms with Crippen LogP contribution in [0.4, 0.5) is 11.4 Å². The predicted molar refractivity (Wildman–Crippen MR) is 285 cm³/mol. The van der Waals surface area contributed by atoms with Crippen LogP contribution in [0.15, 0.2) is 45.2 Å². The fraction of sp³-hybridized carbons (Fsp3) is 0.680. The number of aliphatic hydroxyl groups is 2. The second kappa shape index (κ2) is 25.3. The molecule has 2 aromatic rings. The second-order valence-electron chi connectivity index (χ2n) is 20.2. The fourth-order valence-corrected chi connectivity index (χ4v) is 12.9. The van der Waals surface area contributed by atoms with Crippen molar-refractivity contribution in [1.29, 1.82) is 0 Å². The third-order valence-electron chi connectivity index (χ3n) is 14.8. The Morgan fingerprint density at radius 3 is 1.43 bits per heavy atom. The van der Waals surface area contributed by atoms with Crippen LogP contribution in [0.2, 0.25) is 0 Å². The topological polar surface area (TPSA) is 318 Å². The number of hydrogen-bond donors (Lipinski definition) is 8. The highest BCUT2D eigenvalue weighted by molar-refractivity contribution is 7.88. The lowest BCUT2D eigenvalue weighted by Gasteiger charge is -2.46. The Morgan fingerprint density at radius 1 is 0.658 bits per heavy atom. The first-order valence-corrected chi connectivity index (χ1v) is 30.0. The Bertz CT molecular complexity index is 2460. The zero-order valence-corrected chi connectivity index (χ0v) is 45.4. The number of aliphatic hydroxyl groups excluding tert-OH is 2. The van der Waals surface area contributed by atoms with Gasteiger partial charge in [0.2, 0.25) is 11.9 Å². The van der Waals surface area contributed by atoms with E-state index in [1.54, 1.807) is 0 Å². The molecule has 422 valence electrons. The molecule has 2 saturated heterocycles. The zero-order chi connectivity index (χ0) is 54.1. The maximum Gasteiger partial charge on any atom is 0.342 e. The van der Waals surface area contributed by atoms with E-state index in [0.29, 0.717) is 25.7 Å². The van der Waals surface area contributed by atoms with Crippen molar-refractivity contribution >= 4 is 55.7 Å². The number of nitrogens with one attached hydrogen (secondary N) is 4. The molecule has 0 bridgehead atoms. The highest BCUT2D eigenvalue weighted by atomic mass is 32.2. The number of fused-ring (bicyclic) bond motifs is 2. The van der Waals surface area contributed by atoms with Crippen LogP contribution in [-0.2, 0) is 61.8 Å². The predicted octanol–water partition coefficient (Wildman–Crippen LogP) is 1.90. The van der Waals surface area contributed by atoms with Gasteiger partial charge in [0.25, 0.3) is 0 Å². The molecule has 4 aliphatic heterocycles. The number of unbranched alkanes of at least 4 members (excludes halogenated alkanes) is 2. The summed E-state index contributed by atoms with van der Waals surface area (Å²) in [4.78, 5) is 35.3. The van der Waals surface area contributed by atoms with Gasteiger partial charge in [-0.05, 0) is 124 Å². The van der Waals surface area contributed by atoms with Gasteiger partial charge >= 0.3 is 44.3 Å². The summed E-state index contributed by atoms with van der Waals surface area (Å²) in [5.41, 5.74) is 19.7. The zero-order valence-electron chi connectivity index (χ0n) is 43.8. The number of benzene rings is 2. The number of guanidine groups is 2. The molecule has 24 nitrogen and oxygen atoms in total. The van der Waals surface area contributed by atoms with Crippen molar-refractivity contribution in [3.05, 3.63) is 58.7 Å². The Morgan fingerprint density at radius 2 is 1.05 bits per heavy atom. The first-order chi connectivity index (χ1) is 36.5. The molecule has 6 aliphatic rings. The molecule has 2 aliphatic carbocycles. The summed E-state index contributed by atoms with van der Waals surface area (Å²) in [6.45, 7) is 8.17. The van der Waals surface area contributed by atoms with E-state index in [4.69, 9.17) is 30.4 Å². The Hall–Kier alpha value is -4.90. The van der Waals surface area contributed by atoms with Crippen molar-refractivity contribution in [1.82, 2.24) is 29.9 Å². The minimum Gasteiger partial charge on any atom is -0.408 e. The number of piperidine rings is 2. The third-order valence-corrected chi connectivity index (χ3v) is 16.7. The molecule has 2 aromatic carbocycles. The number of nitrogens with two attached hydrogens (primary N) is 2. The van der Waals surface area contributed by atoms with Gasteiger partial charge in [-0.15, -0.1) is 18.2 Å². The average Bonchev–Trinajstić information content (AvgIpc) is 4.02. The van der Waals surface area contributed by atoms with Gasteiger partial charge in [0.15, 0.2) is 12.2 Å². The van der Waals surface area contributed by atoms with E-state index in [1.165, 1.54) is 35.3 Å². The van der Waals surface area contributed by atoms with Gasteiger partial charge in [-0.3, -0.25) is 9.80 Å². The first kappa shape index (κ1) is 57.3. The van der Waals surface area contributed by atoms with Crippen molar-refractivity contribution < 1.29 is 55.6 Å². The molecule has 0 spiro atoms. The minimum absolute atomic E-state index is 0.00635. The molecule has 6 unspecified atom stereocenters. The second-order valence-corrected chi connectivity index (χ2v) is 22.9. The van der Waals surface area contributed by atoms with Gasteiger partial charge in [0.1, 0.15) is 0 Å². The average molecular weight is 1100 g/mol. The molecule has 10 N–H and O–H groups in total. The number of ether oxygens (including phenoxy) is 4. The van der Waals surface area contributed by atoms with Gasteiger partial charge in [-0.25, -0.2) is 20.2 Å². The molecule has 8 rings (SSSR count). The van der Waals surface area contributed by atoms with Crippen LogP contribution >= 0.6 is 0 Å². The van der Waals surface area contributed by atoms with Gasteiger partial charge < -0.3 is 50.4 Å². The lowest BCUT2D eigenvalue weighted by Crippen LogP contribution is -2.76. The monoisotopic (exact) mass is 1100 g/mol. The molecule has 26 heteroatoms. The van der Waals surface area contributed by atoms with E-state index in [9.17, 15) is 36.6 Å². The van der Waals surface area contributed by atoms with Crippen LogP contribution < -0.4 is 41.3 Å². The van der Waals surface area contributed by atoms with Crippen molar-refractivity contribution in [2.24, 2.45) is 20.3 Å². The molecule has 0 saturated carbocycles. The largest absolute Gasteiger partial charge is 0.408 e. The van der Waals surface area contributed by atoms with Crippen LogP contribution in [-0.4, -0.2) is 150 Å². The summed E-state index contributed by atoms with van der Waals surface area (Å²) < 4.78 is 88.6. The van der Waals surface area contributed by atoms with Crippen molar-refractivity contribution in [3.63, 3.8) is 0 Å². The summed E-state index contributed by atoms with van der Waals surface area (Å²) >= 11 is 0. The first-order valence-electron chi connectivity index (χ1n) is 27.1. The summed E-state index contributed by atoms with van der Waals surface area (Å²) in [5, 5.41) is 28.6. The molecule has 0 radical (unpaired) electrons. The van der Waals surface area contributed by atoms with E-state index >= 15 is 0 Å². The SMILES string of the molecule is CCCCN1C(N)=NS(=O)(=O)NC1(NCCCOC1CCc2c1cccc2N1CCCCC1)OC(=O)C(O)C(O)C(=O)OC1(NCCCOC2CCc3c2cccc3N2CCCCC2)NS(=O)(=O)N=C(N)N1CCCC. The number of carbonyl (C=O) groups excluding carboxylic acids is 2. The number of rotatable bonds is 25. The number of anilines is 2. The Labute approximate surface area is 446 Å². The molecule has 2 fully saturated rings. The molecular formula is C50H78N12O12S2. The molecule has 76 heavy (non-hydrogen) atoms. The van der Waals surface area contributed by atoms with Gasteiger partial charge in [-0.2, -0.15) is 16.8 Å². The summed E-state index contributed by atoms with van der Waals surface area (Å²) in [6.07, 6.45) is 7.18. The van der Waals surface area contributed by atoms with E-state index < -0.39 is 68.4 Å². The van der Waals surface area contributed by atoms with E-state index in [0.717, 1.165) is 98.5 Å².